The number of amides is 1. The van der Waals surface area contributed by atoms with E-state index in [1.54, 1.807) is 35.8 Å². The first-order valence-electron chi connectivity index (χ1n) is 9.54. The van der Waals surface area contributed by atoms with Crippen LogP contribution < -0.4 is 14.5 Å². The molecule has 8 heteroatoms. The van der Waals surface area contributed by atoms with Crippen molar-refractivity contribution in [2.24, 2.45) is 0 Å². The summed E-state index contributed by atoms with van der Waals surface area (Å²) in [6.07, 6.45) is 1.58. The van der Waals surface area contributed by atoms with Crippen LogP contribution in [-0.2, 0) is 9.59 Å². The molecule has 0 aliphatic carbocycles. The number of ketones is 1. The Morgan fingerprint density at radius 2 is 1.90 bits per heavy atom. The largest absolute Gasteiger partial charge is 0.507 e. The fourth-order valence-electron chi connectivity index (χ4n) is 3.56. The standard InChI is InChI=1S/C23H21N3O4S/c1-25(2)16-9-7-14(8-10-16)19-18(20(27)15-5-4-6-17(13-15)30-3)21(28)22(29)26(19)23-24-11-12-31-23/h4-13,19,27H,1-3H3. The molecule has 0 saturated carbocycles. The van der Waals surface area contributed by atoms with Crippen LogP contribution in [0.2, 0.25) is 0 Å². The van der Waals surface area contributed by atoms with E-state index in [0.29, 0.717) is 22.0 Å². The van der Waals surface area contributed by atoms with E-state index in [-0.39, 0.29) is 11.3 Å². The van der Waals surface area contributed by atoms with Gasteiger partial charge >= 0.3 is 5.91 Å². The number of aliphatic hydroxyl groups is 1. The summed E-state index contributed by atoms with van der Waals surface area (Å²) < 4.78 is 5.23. The second kappa shape index (κ2) is 8.23. The van der Waals surface area contributed by atoms with Crippen LogP contribution in [0.25, 0.3) is 5.76 Å². The van der Waals surface area contributed by atoms with Gasteiger partial charge in [0.05, 0.1) is 18.7 Å². The van der Waals surface area contributed by atoms with Gasteiger partial charge in [-0.3, -0.25) is 14.5 Å². The fourth-order valence-corrected chi connectivity index (χ4v) is 4.23. The normalized spacial score (nSPS) is 17.8. The molecule has 2 aromatic carbocycles. The number of methoxy groups -OCH3 is 1. The van der Waals surface area contributed by atoms with E-state index in [9.17, 15) is 14.7 Å². The molecular formula is C23H21N3O4S. The number of hydrogen-bond donors (Lipinski definition) is 1. The Morgan fingerprint density at radius 1 is 1.16 bits per heavy atom. The number of benzene rings is 2. The topological polar surface area (TPSA) is 83.0 Å². The lowest BCUT2D eigenvalue weighted by Crippen LogP contribution is -2.29. The van der Waals surface area contributed by atoms with Gasteiger partial charge in [-0.1, -0.05) is 24.3 Å². The zero-order chi connectivity index (χ0) is 22.1. The average molecular weight is 436 g/mol. The van der Waals surface area contributed by atoms with E-state index in [1.165, 1.54) is 23.3 Å². The van der Waals surface area contributed by atoms with E-state index in [4.69, 9.17) is 4.74 Å². The molecule has 1 aliphatic rings. The highest BCUT2D eigenvalue weighted by molar-refractivity contribution is 7.14. The molecule has 0 radical (unpaired) electrons. The molecule has 3 aromatic rings. The minimum absolute atomic E-state index is 0.0195. The molecule has 4 rings (SSSR count). The molecule has 7 nitrogen and oxygen atoms in total. The molecule has 1 N–H and O–H groups in total. The van der Waals surface area contributed by atoms with Gasteiger partial charge in [0, 0.05) is 36.9 Å². The Bertz CT molecular complexity index is 1150. The third-order valence-corrected chi connectivity index (χ3v) is 5.91. The maximum atomic E-state index is 13.1. The first-order chi connectivity index (χ1) is 14.9. The van der Waals surface area contributed by atoms with Crippen LogP contribution in [0.4, 0.5) is 10.8 Å². The van der Waals surface area contributed by atoms with Gasteiger partial charge in [-0.25, -0.2) is 4.98 Å². The van der Waals surface area contributed by atoms with Crippen molar-refractivity contribution in [1.82, 2.24) is 4.98 Å². The number of nitrogens with zero attached hydrogens (tertiary/aromatic N) is 3. The Labute approximate surface area is 183 Å². The van der Waals surface area contributed by atoms with Gasteiger partial charge in [-0.15, -0.1) is 11.3 Å². The van der Waals surface area contributed by atoms with Crippen molar-refractivity contribution in [2.75, 3.05) is 31.0 Å². The molecule has 1 unspecified atom stereocenters. The highest BCUT2D eigenvalue weighted by Crippen LogP contribution is 2.43. The molecule has 2 heterocycles. The summed E-state index contributed by atoms with van der Waals surface area (Å²) in [5, 5.41) is 13.3. The number of rotatable bonds is 5. The zero-order valence-electron chi connectivity index (χ0n) is 17.3. The third kappa shape index (κ3) is 3.66. The van der Waals surface area contributed by atoms with Crippen molar-refractivity contribution in [3.8, 4) is 5.75 Å². The van der Waals surface area contributed by atoms with Crippen molar-refractivity contribution in [2.45, 2.75) is 6.04 Å². The van der Waals surface area contributed by atoms with Gasteiger partial charge in [0.25, 0.3) is 5.78 Å². The summed E-state index contributed by atoms with van der Waals surface area (Å²) in [5.41, 5.74) is 2.09. The van der Waals surface area contributed by atoms with Crippen LogP contribution in [-0.4, -0.2) is 43.0 Å². The summed E-state index contributed by atoms with van der Waals surface area (Å²) in [6.45, 7) is 0. The number of carbonyl (C=O) groups excluding carboxylic acids is 2. The Hall–Kier alpha value is -3.65. The number of ether oxygens (including phenoxy) is 1. The van der Waals surface area contributed by atoms with Gasteiger partial charge in [0.1, 0.15) is 11.5 Å². The molecule has 1 aliphatic heterocycles. The molecule has 31 heavy (non-hydrogen) atoms. The molecule has 158 valence electrons. The number of aromatic nitrogens is 1. The monoisotopic (exact) mass is 435 g/mol. The minimum Gasteiger partial charge on any atom is -0.507 e. The Balaban J connectivity index is 1.91. The molecule has 0 spiro atoms. The molecular weight excluding hydrogens is 414 g/mol. The average Bonchev–Trinajstić information content (AvgIpc) is 3.40. The van der Waals surface area contributed by atoms with Crippen molar-refractivity contribution in [3.05, 3.63) is 76.8 Å². The highest BCUT2D eigenvalue weighted by atomic mass is 32.1. The number of thiazole rings is 1. The van der Waals surface area contributed by atoms with E-state index in [0.717, 1.165) is 5.69 Å². The molecule has 1 amide bonds. The second-order valence-corrected chi connectivity index (χ2v) is 8.07. The van der Waals surface area contributed by atoms with Gasteiger partial charge in [-0.2, -0.15) is 0 Å². The summed E-state index contributed by atoms with van der Waals surface area (Å²) in [5.74, 6) is -1.19. The lowest BCUT2D eigenvalue weighted by atomic mass is 9.95. The molecule has 1 atom stereocenters. The van der Waals surface area contributed by atoms with Crippen LogP contribution in [0.3, 0.4) is 0 Å². The third-order valence-electron chi connectivity index (χ3n) is 5.14. The number of anilines is 2. The van der Waals surface area contributed by atoms with Crippen molar-refractivity contribution in [1.29, 1.82) is 0 Å². The summed E-state index contributed by atoms with van der Waals surface area (Å²) in [7, 11) is 5.38. The quantitative estimate of drug-likeness (QED) is 0.372. The molecule has 1 saturated heterocycles. The Kier molecular flexibility index (Phi) is 5.48. The summed E-state index contributed by atoms with van der Waals surface area (Å²) in [4.78, 5) is 33.6. The van der Waals surface area contributed by atoms with Crippen LogP contribution in [0.15, 0.2) is 65.7 Å². The number of Topliss-reactive ketones (excluding diaryl/α,β-unsaturated/α-hetero) is 1. The predicted octanol–water partition coefficient (Wildman–Crippen LogP) is 3.84. The van der Waals surface area contributed by atoms with E-state index in [2.05, 4.69) is 4.98 Å². The fraction of sp³-hybridized carbons (Fsp3) is 0.174. The molecule has 1 fully saturated rings. The minimum atomic E-state index is -0.798. The van der Waals surface area contributed by atoms with Gasteiger partial charge < -0.3 is 14.7 Å². The van der Waals surface area contributed by atoms with E-state index >= 15 is 0 Å². The van der Waals surface area contributed by atoms with Crippen LogP contribution >= 0.6 is 11.3 Å². The van der Waals surface area contributed by atoms with Gasteiger partial charge in [0.2, 0.25) is 0 Å². The van der Waals surface area contributed by atoms with Crippen LogP contribution in [0.1, 0.15) is 17.2 Å². The number of hydrogen-bond acceptors (Lipinski definition) is 7. The lowest BCUT2D eigenvalue weighted by molar-refractivity contribution is -0.132. The van der Waals surface area contributed by atoms with E-state index < -0.39 is 17.7 Å². The summed E-state index contributed by atoms with van der Waals surface area (Å²) >= 11 is 1.26. The lowest BCUT2D eigenvalue weighted by Gasteiger charge is -2.23. The number of carbonyl (C=O) groups is 2. The Morgan fingerprint density at radius 3 is 2.52 bits per heavy atom. The maximum absolute atomic E-state index is 13.1. The van der Waals surface area contributed by atoms with Crippen molar-refractivity contribution >= 4 is 39.6 Å². The smallest absolute Gasteiger partial charge is 0.301 e. The van der Waals surface area contributed by atoms with Crippen LogP contribution in [0, 0.1) is 0 Å². The summed E-state index contributed by atoms with van der Waals surface area (Å²) in [6, 6.07) is 13.5. The maximum Gasteiger partial charge on any atom is 0.301 e. The first kappa shape index (κ1) is 20.6. The SMILES string of the molecule is COc1cccc(C(O)=C2C(=O)C(=O)N(c3nccs3)C2c2ccc(N(C)C)cc2)c1. The van der Waals surface area contributed by atoms with Gasteiger partial charge in [0.15, 0.2) is 5.13 Å². The van der Waals surface area contributed by atoms with E-state index in [1.807, 2.05) is 43.3 Å². The highest BCUT2D eigenvalue weighted by Gasteiger charge is 2.48. The predicted molar refractivity (Wildman–Crippen MR) is 121 cm³/mol. The zero-order valence-corrected chi connectivity index (χ0v) is 18.1. The van der Waals surface area contributed by atoms with Crippen molar-refractivity contribution < 1.29 is 19.4 Å². The number of aliphatic hydroxyl groups excluding tert-OH is 1. The van der Waals surface area contributed by atoms with Crippen LogP contribution in [0.5, 0.6) is 5.75 Å². The van der Waals surface area contributed by atoms with Gasteiger partial charge in [-0.05, 0) is 29.8 Å². The molecule has 1 aromatic heterocycles. The second-order valence-electron chi connectivity index (χ2n) is 7.20. The first-order valence-corrected chi connectivity index (χ1v) is 10.4. The van der Waals surface area contributed by atoms with Crippen molar-refractivity contribution in [3.63, 3.8) is 0 Å². The molecule has 0 bridgehead atoms.